The molecule has 0 fully saturated rings. The number of thiazole rings is 1. The predicted octanol–water partition coefficient (Wildman–Crippen LogP) is 2.54. The minimum absolute atomic E-state index is 0.485. The smallest absolute Gasteiger partial charge is 0.0794 e. The Kier molecular flexibility index (Phi) is 3.30. The standard InChI is InChI=1S/C14H17N3S/c15-11-2-3-13-10(7-11)1-4-14(13)16-6-5-12-8-18-9-17-12/h2-3,7-9,14,16H,1,4-6,15H2. The number of anilines is 1. The van der Waals surface area contributed by atoms with Crippen LogP contribution >= 0.6 is 11.3 Å². The number of hydrogen-bond acceptors (Lipinski definition) is 4. The SMILES string of the molecule is Nc1ccc2c(c1)CCC2NCCc1cscn1. The van der Waals surface area contributed by atoms with E-state index < -0.39 is 0 Å². The van der Waals surface area contributed by atoms with Crippen molar-refractivity contribution in [2.75, 3.05) is 12.3 Å². The molecule has 94 valence electrons. The molecule has 1 heterocycles. The third-order valence-corrected chi connectivity index (χ3v) is 4.14. The second-order valence-corrected chi connectivity index (χ2v) is 5.45. The van der Waals surface area contributed by atoms with Gasteiger partial charge in [-0.05, 0) is 36.1 Å². The minimum Gasteiger partial charge on any atom is -0.399 e. The molecule has 0 bridgehead atoms. The number of aryl methyl sites for hydroxylation is 1. The average Bonchev–Trinajstić information content (AvgIpc) is 2.99. The zero-order valence-corrected chi connectivity index (χ0v) is 11.0. The first kappa shape index (κ1) is 11.7. The summed E-state index contributed by atoms with van der Waals surface area (Å²) in [4.78, 5) is 4.30. The largest absolute Gasteiger partial charge is 0.399 e. The Labute approximate surface area is 111 Å². The first-order valence-corrected chi connectivity index (χ1v) is 7.26. The number of nitrogens with zero attached hydrogens (tertiary/aromatic N) is 1. The Balaban J connectivity index is 1.59. The normalized spacial score (nSPS) is 17.9. The van der Waals surface area contributed by atoms with E-state index in [0.717, 1.165) is 25.1 Å². The number of fused-ring (bicyclic) bond motifs is 1. The summed E-state index contributed by atoms with van der Waals surface area (Å²) >= 11 is 1.66. The van der Waals surface area contributed by atoms with Crippen molar-refractivity contribution in [3.05, 3.63) is 45.9 Å². The maximum absolute atomic E-state index is 5.81. The summed E-state index contributed by atoms with van der Waals surface area (Å²) in [7, 11) is 0. The van der Waals surface area contributed by atoms with Crippen LogP contribution in [-0.2, 0) is 12.8 Å². The molecule has 1 unspecified atom stereocenters. The van der Waals surface area contributed by atoms with Crippen LogP contribution in [-0.4, -0.2) is 11.5 Å². The van der Waals surface area contributed by atoms with Crippen molar-refractivity contribution in [2.45, 2.75) is 25.3 Å². The molecule has 2 aromatic rings. The highest BCUT2D eigenvalue weighted by Crippen LogP contribution is 2.32. The molecular formula is C14H17N3S. The zero-order chi connectivity index (χ0) is 12.4. The highest BCUT2D eigenvalue weighted by molar-refractivity contribution is 7.07. The lowest BCUT2D eigenvalue weighted by molar-refractivity contribution is 0.532. The molecule has 0 radical (unpaired) electrons. The molecule has 3 rings (SSSR count). The van der Waals surface area contributed by atoms with Crippen molar-refractivity contribution in [1.82, 2.24) is 10.3 Å². The maximum atomic E-state index is 5.81. The monoisotopic (exact) mass is 259 g/mol. The lowest BCUT2D eigenvalue weighted by Crippen LogP contribution is -2.22. The summed E-state index contributed by atoms with van der Waals surface area (Å²) in [5.41, 5.74) is 12.6. The first-order chi connectivity index (χ1) is 8.83. The van der Waals surface area contributed by atoms with Gasteiger partial charge in [-0.1, -0.05) is 6.07 Å². The molecule has 3 nitrogen and oxygen atoms in total. The lowest BCUT2D eigenvalue weighted by Gasteiger charge is -2.13. The van der Waals surface area contributed by atoms with Crippen molar-refractivity contribution in [2.24, 2.45) is 0 Å². The molecule has 0 amide bonds. The molecule has 0 saturated carbocycles. The van der Waals surface area contributed by atoms with E-state index >= 15 is 0 Å². The van der Waals surface area contributed by atoms with Gasteiger partial charge in [0.25, 0.3) is 0 Å². The molecule has 1 aliphatic carbocycles. The van der Waals surface area contributed by atoms with Crippen molar-refractivity contribution in [3.63, 3.8) is 0 Å². The molecule has 0 aliphatic heterocycles. The summed E-state index contributed by atoms with van der Waals surface area (Å²) < 4.78 is 0. The molecule has 0 spiro atoms. The Morgan fingerprint density at radius 2 is 2.39 bits per heavy atom. The van der Waals surface area contributed by atoms with Crippen LogP contribution < -0.4 is 11.1 Å². The fraction of sp³-hybridized carbons (Fsp3) is 0.357. The van der Waals surface area contributed by atoms with E-state index in [1.165, 1.54) is 23.2 Å². The number of nitrogen functional groups attached to an aromatic ring is 1. The molecule has 0 saturated heterocycles. The predicted molar refractivity (Wildman–Crippen MR) is 75.7 cm³/mol. The zero-order valence-electron chi connectivity index (χ0n) is 10.2. The van der Waals surface area contributed by atoms with Crippen LogP contribution in [0, 0.1) is 0 Å². The minimum atomic E-state index is 0.485. The van der Waals surface area contributed by atoms with E-state index in [1.807, 2.05) is 11.6 Å². The summed E-state index contributed by atoms with van der Waals surface area (Å²) in [6, 6.07) is 6.76. The first-order valence-electron chi connectivity index (χ1n) is 6.31. The van der Waals surface area contributed by atoms with Crippen molar-refractivity contribution >= 4 is 17.0 Å². The van der Waals surface area contributed by atoms with E-state index in [0.29, 0.717) is 6.04 Å². The Morgan fingerprint density at radius 3 is 3.22 bits per heavy atom. The van der Waals surface area contributed by atoms with Gasteiger partial charge in [-0.2, -0.15) is 0 Å². The number of aromatic nitrogens is 1. The molecule has 1 atom stereocenters. The van der Waals surface area contributed by atoms with E-state index in [1.54, 1.807) is 11.3 Å². The number of nitrogens with two attached hydrogens (primary N) is 1. The highest BCUT2D eigenvalue weighted by Gasteiger charge is 2.21. The van der Waals surface area contributed by atoms with Crippen LogP contribution in [0.5, 0.6) is 0 Å². The summed E-state index contributed by atoms with van der Waals surface area (Å²) in [5, 5.41) is 5.74. The quantitative estimate of drug-likeness (QED) is 0.830. The van der Waals surface area contributed by atoms with Gasteiger partial charge in [0.2, 0.25) is 0 Å². The van der Waals surface area contributed by atoms with Gasteiger partial charge >= 0.3 is 0 Å². The van der Waals surface area contributed by atoms with Crippen LogP contribution in [0.1, 0.15) is 29.3 Å². The third kappa shape index (κ3) is 2.40. The fourth-order valence-corrected chi connectivity index (χ4v) is 3.18. The second-order valence-electron chi connectivity index (χ2n) is 4.73. The number of rotatable bonds is 4. The Hall–Kier alpha value is -1.39. The molecule has 1 aromatic carbocycles. The van der Waals surface area contributed by atoms with Crippen molar-refractivity contribution in [3.8, 4) is 0 Å². The van der Waals surface area contributed by atoms with Crippen LogP contribution in [0.4, 0.5) is 5.69 Å². The van der Waals surface area contributed by atoms with Gasteiger partial charge in [0.15, 0.2) is 0 Å². The fourth-order valence-electron chi connectivity index (χ4n) is 2.58. The van der Waals surface area contributed by atoms with Gasteiger partial charge < -0.3 is 11.1 Å². The maximum Gasteiger partial charge on any atom is 0.0794 e. The van der Waals surface area contributed by atoms with Gasteiger partial charge in [0.05, 0.1) is 11.2 Å². The van der Waals surface area contributed by atoms with Crippen LogP contribution in [0.3, 0.4) is 0 Å². The number of nitrogens with one attached hydrogen (secondary N) is 1. The topological polar surface area (TPSA) is 50.9 Å². The van der Waals surface area contributed by atoms with Crippen molar-refractivity contribution < 1.29 is 0 Å². The molecule has 3 N–H and O–H groups in total. The van der Waals surface area contributed by atoms with Crippen LogP contribution in [0.15, 0.2) is 29.1 Å². The van der Waals surface area contributed by atoms with Gasteiger partial charge in [0.1, 0.15) is 0 Å². The highest BCUT2D eigenvalue weighted by atomic mass is 32.1. The van der Waals surface area contributed by atoms with Gasteiger partial charge in [-0.25, -0.2) is 4.98 Å². The summed E-state index contributed by atoms with van der Waals surface area (Å²) in [6.07, 6.45) is 3.31. The van der Waals surface area contributed by atoms with E-state index in [2.05, 4.69) is 27.8 Å². The second kappa shape index (κ2) is 5.08. The van der Waals surface area contributed by atoms with Crippen LogP contribution in [0.25, 0.3) is 0 Å². The van der Waals surface area contributed by atoms with Gasteiger partial charge in [-0.3, -0.25) is 0 Å². The lowest BCUT2D eigenvalue weighted by atomic mass is 10.1. The molecule has 1 aliphatic rings. The molecular weight excluding hydrogens is 242 g/mol. The Morgan fingerprint density at radius 1 is 1.44 bits per heavy atom. The Bertz CT molecular complexity index is 522. The molecule has 4 heteroatoms. The summed E-state index contributed by atoms with van der Waals surface area (Å²) in [5.74, 6) is 0. The number of hydrogen-bond donors (Lipinski definition) is 2. The van der Waals surface area contributed by atoms with Crippen LogP contribution in [0.2, 0.25) is 0 Å². The molecule has 1 aromatic heterocycles. The van der Waals surface area contributed by atoms with Gasteiger partial charge in [-0.15, -0.1) is 11.3 Å². The van der Waals surface area contributed by atoms with Gasteiger partial charge in [0, 0.05) is 30.1 Å². The third-order valence-electron chi connectivity index (χ3n) is 3.50. The summed E-state index contributed by atoms with van der Waals surface area (Å²) in [6.45, 7) is 0.984. The van der Waals surface area contributed by atoms with E-state index in [4.69, 9.17) is 5.73 Å². The average molecular weight is 259 g/mol. The molecule has 18 heavy (non-hydrogen) atoms. The van der Waals surface area contributed by atoms with E-state index in [9.17, 15) is 0 Å². The van der Waals surface area contributed by atoms with E-state index in [-0.39, 0.29) is 0 Å². The van der Waals surface area contributed by atoms with Crippen molar-refractivity contribution in [1.29, 1.82) is 0 Å². The number of benzene rings is 1.